The summed E-state index contributed by atoms with van der Waals surface area (Å²) in [7, 11) is 1.53. The molecule has 0 saturated carbocycles. The summed E-state index contributed by atoms with van der Waals surface area (Å²) in [6.07, 6.45) is 1.51. The zero-order valence-corrected chi connectivity index (χ0v) is 17.5. The van der Waals surface area contributed by atoms with Crippen molar-refractivity contribution >= 4 is 17.1 Å². The van der Waals surface area contributed by atoms with Gasteiger partial charge in [0.25, 0.3) is 5.56 Å². The molecule has 0 saturated heterocycles. The number of carbonyl (C=O) groups excluding carboxylic acids is 1. The molecule has 0 bridgehead atoms. The monoisotopic (exact) mass is 401 g/mol. The van der Waals surface area contributed by atoms with Crippen LogP contribution in [-0.2, 0) is 37.8 Å². The van der Waals surface area contributed by atoms with E-state index in [2.05, 4.69) is 10.1 Å². The fourth-order valence-electron chi connectivity index (χ4n) is 3.43. The quantitative estimate of drug-likeness (QED) is 0.612. The molecule has 0 atom stereocenters. The number of fused-ring (bicyclic) bond motifs is 1. The van der Waals surface area contributed by atoms with Gasteiger partial charge in [0, 0.05) is 19.3 Å². The van der Waals surface area contributed by atoms with Crippen molar-refractivity contribution in [2.45, 2.75) is 53.6 Å². The molecule has 0 aromatic carbocycles. The molecular weight excluding hydrogens is 374 g/mol. The third kappa shape index (κ3) is 3.50. The van der Waals surface area contributed by atoms with Gasteiger partial charge in [-0.2, -0.15) is 10.1 Å². The fourth-order valence-corrected chi connectivity index (χ4v) is 3.43. The predicted molar refractivity (Wildman–Crippen MR) is 109 cm³/mol. The van der Waals surface area contributed by atoms with Crippen molar-refractivity contribution < 1.29 is 4.79 Å². The van der Waals surface area contributed by atoms with E-state index in [1.54, 1.807) is 9.25 Å². The van der Waals surface area contributed by atoms with Crippen LogP contribution in [0.5, 0.6) is 0 Å². The van der Waals surface area contributed by atoms with Crippen molar-refractivity contribution in [2.24, 2.45) is 18.7 Å². The van der Waals surface area contributed by atoms with Gasteiger partial charge in [0.15, 0.2) is 11.2 Å². The Kier molecular flexibility index (Phi) is 5.45. The van der Waals surface area contributed by atoms with E-state index in [1.165, 1.54) is 11.6 Å². The Hall–Kier alpha value is -3.17. The van der Waals surface area contributed by atoms with Crippen LogP contribution in [0.15, 0.2) is 15.7 Å². The van der Waals surface area contributed by atoms with Gasteiger partial charge in [0.05, 0.1) is 5.69 Å². The summed E-state index contributed by atoms with van der Waals surface area (Å²) in [6.45, 7) is 8.13. The second-order valence-electron chi connectivity index (χ2n) is 7.53. The van der Waals surface area contributed by atoms with Gasteiger partial charge in [-0.05, 0) is 24.8 Å². The first-order valence-corrected chi connectivity index (χ1v) is 9.76. The van der Waals surface area contributed by atoms with E-state index in [9.17, 15) is 14.4 Å². The SMILES string of the molecule is CCc1cc(CC)n(-c2nc3c(c(=O)n(CC(N)=O)c(=O)n3C)n2CC(C)C)n1. The van der Waals surface area contributed by atoms with Gasteiger partial charge in [-0.25, -0.2) is 14.0 Å². The fraction of sp³-hybridized carbons (Fsp3) is 0.526. The molecule has 29 heavy (non-hydrogen) atoms. The van der Waals surface area contributed by atoms with Crippen molar-refractivity contribution in [1.82, 2.24) is 28.5 Å². The largest absolute Gasteiger partial charge is 0.368 e. The van der Waals surface area contributed by atoms with Crippen LogP contribution >= 0.6 is 0 Å². The normalized spacial score (nSPS) is 11.7. The van der Waals surface area contributed by atoms with E-state index in [1.807, 2.05) is 33.8 Å². The Balaban J connectivity index is 2.44. The number of primary amides is 1. The van der Waals surface area contributed by atoms with E-state index in [0.29, 0.717) is 12.5 Å². The molecule has 10 nitrogen and oxygen atoms in total. The van der Waals surface area contributed by atoms with E-state index in [4.69, 9.17) is 5.73 Å². The minimum Gasteiger partial charge on any atom is -0.368 e. The number of aromatic nitrogens is 6. The van der Waals surface area contributed by atoms with E-state index in [0.717, 1.165) is 28.8 Å². The highest BCUT2D eigenvalue weighted by Crippen LogP contribution is 2.20. The Morgan fingerprint density at radius 1 is 1.17 bits per heavy atom. The van der Waals surface area contributed by atoms with Gasteiger partial charge in [-0.3, -0.25) is 14.2 Å². The Morgan fingerprint density at radius 2 is 1.86 bits per heavy atom. The molecule has 0 aliphatic carbocycles. The standard InChI is InChI=1S/C19H27N7O3/c1-6-12-8-13(7-2)26(22-12)18-21-16-15(24(18)9-11(3)4)17(28)25(10-14(20)27)19(29)23(16)5/h8,11H,6-7,9-10H2,1-5H3,(H2,20,27). The minimum atomic E-state index is -0.758. The van der Waals surface area contributed by atoms with E-state index in [-0.39, 0.29) is 17.1 Å². The molecule has 3 aromatic heterocycles. The van der Waals surface area contributed by atoms with Crippen LogP contribution in [0.4, 0.5) is 0 Å². The molecule has 2 N–H and O–H groups in total. The van der Waals surface area contributed by atoms with Crippen LogP contribution in [0.25, 0.3) is 17.1 Å². The van der Waals surface area contributed by atoms with Crippen LogP contribution in [-0.4, -0.2) is 34.4 Å². The van der Waals surface area contributed by atoms with Gasteiger partial charge in [-0.1, -0.05) is 27.7 Å². The molecule has 3 aromatic rings. The molecule has 0 fully saturated rings. The highest BCUT2D eigenvalue weighted by molar-refractivity contribution is 5.75. The van der Waals surface area contributed by atoms with Crippen molar-refractivity contribution in [3.05, 3.63) is 38.3 Å². The van der Waals surface area contributed by atoms with Crippen LogP contribution < -0.4 is 17.0 Å². The molecule has 10 heteroatoms. The van der Waals surface area contributed by atoms with Crippen molar-refractivity contribution in [1.29, 1.82) is 0 Å². The third-order valence-corrected chi connectivity index (χ3v) is 4.82. The summed E-state index contributed by atoms with van der Waals surface area (Å²) >= 11 is 0. The van der Waals surface area contributed by atoms with Gasteiger partial charge < -0.3 is 10.3 Å². The minimum absolute atomic E-state index is 0.207. The number of hydrogen-bond donors (Lipinski definition) is 1. The molecule has 0 unspecified atom stereocenters. The second-order valence-corrected chi connectivity index (χ2v) is 7.53. The molecule has 156 valence electrons. The van der Waals surface area contributed by atoms with Gasteiger partial charge >= 0.3 is 5.69 Å². The van der Waals surface area contributed by atoms with E-state index >= 15 is 0 Å². The highest BCUT2D eigenvalue weighted by atomic mass is 16.2. The summed E-state index contributed by atoms with van der Waals surface area (Å²) < 4.78 is 5.65. The smallest absolute Gasteiger partial charge is 0.332 e. The first-order chi connectivity index (χ1) is 13.7. The Morgan fingerprint density at radius 3 is 2.41 bits per heavy atom. The lowest BCUT2D eigenvalue weighted by atomic mass is 10.2. The molecular formula is C19H27N7O3. The maximum Gasteiger partial charge on any atom is 0.332 e. The lowest BCUT2D eigenvalue weighted by Crippen LogP contribution is -2.42. The summed E-state index contributed by atoms with van der Waals surface area (Å²) in [4.78, 5) is 41.8. The maximum absolute atomic E-state index is 13.2. The third-order valence-electron chi connectivity index (χ3n) is 4.82. The number of carbonyl (C=O) groups is 1. The van der Waals surface area contributed by atoms with Crippen LogP contribution in [0.1, 0.15) is 39.1 Å². The number of hydrogen-bond acceptors (Lipinski definition) is 5. The van der Waals surface area contributed by atoms with Crippen LogP contribution in [0.2, 0.25) is 0 Å². The summed E-state index contributed by atoms with van der Waals surface area (Å²) in [5.74, 6) is -0.0699. The molecule has 3 rings (SSSR count). The van der Waals surface area contributed by atoms with Crippen LogP contribution in [0, 0.1) is 5.92 Å². The predicted octanol–water partition coefficient (Wildman–Crippen LogP) is 0.349. The molecule has 0 aliphatic heterocycles. The Labute approximate surface area is 167 Å². The zero-order chi connectivity index (χ0) is 21.5. The lowest BCUT2D eigenvalue weighted by Gasteiger charge is -2.13. The summed E-state index contributed by atoms with van der Waals surface area (Å²) in [5, 5.41) is 4.65. The highest BCUT2D eigenvalue weighted by Gasteiger charge is 2.24. The Bertz CT molecular complexity index is 1190. The number of nitrogens with zero attached hydrogens (tertiary/aromatic N) is 6. The average Bonchev–Trinajstić information content (AvgIpc) is 3.24. The van der Waals surface area contributed by atoms with Crippen LogP contribution in [0.3, 0.4) is 0 Å². The molecule has 0 aliphatic rings. The van der Waals surface area contributed by atoms with E-state index < -0.39 is 23.7 Å². The number of nitrogens with two attached hydrogens (primary N) is 1. The van der Waals surface area contributed by atoms with Crippen molar-refractivity contribution in [3.8, 4) is 5.95 Å². The molecule has 0 radical (unpaired) electrons. The average molecular weight is 401 g/mol. The van der Waals surface area contributed by atoms with Crippen molar-refractivity contribution in [2.75, 3.05) is 0 Å². The number of imidazole rings is 1. The van der Waals surface area contributed by atoms with Gasteiger partial charge in [0.2, 0.25) is 11.9 Å². The first kappa shape index (κ1) is 20.6. The number of amides is 1. The van der Waals surface area contributed by atoms with Gasteiger partial charge in [0.1, 0.15) is 6.54 Å². The summed E-state index contributed by atoms with van der Waals surface area (Å²) in [6, 6.07) is 2.02. The summed E-state index contributed by atoms with van der Waals surface area (Å²) in [5.41, 5.74) is 6.43. The maximum atomic E-state index is 13.2. The molecule has 3 heterocycles. The lowest BCUT2D eigenvalue weighted by molar-refractivity contribution is -0.118. The number of aryl methyl sites for hydroxylation is 3. The topological polar surface area (TPSA) is 123 Å². The second kappa shape index (κ2) is 7.69. The number of rotatable bonds is 7. The van der Waals surface area contributed by atoms with Crippen molar-refractivity contribution in [3.63, 3.8) is 0 Å². The van der Waals surface area contributed by atoms with Gasteiger partial charge in [-0.15, -0.1) is 0 Å². The first-order valence-electron chi connectivity index (χ1n) is 9.76. The molecule has 1 amide bonds. The molecule has 0 spiro atoms. The zero-order valence-electron chi connectivity index (χ0n) is 17.5.